The first-order chi connectivity index (χ1) is 5.33. The molecule has 0 bridgehead atoms. The molecule has 1 saturated carbocycles. The fourth-order valence-corrected chi connectivity index (χ4v) is 1.09. The molecule has 11 heavy (non-hydrogen) atoms. The number of nitrogens with two attached hydrogens (primary N) is 1. The maximum absolute atomic E-state index is 10.4. The number of carbonyl (C=O) groups is 1. The summed E-state index contributed by atoms with van der Waals surface area (Å²) in [5.74, 6) is 0.502. The molecule has 0 radical (unpaired) electrons. The van der Waals surface area contributed by atoms with Gasteiger partial charge in [0.2, 0.25) is 0 Å². The van der Waals surface area contributed by atoms with Gasteiger partial charge < -0.3 is 5.73 Å². The molecule has 1 aromatic rings. The van der Waals surface area contributed by atoms with E-state index in [2.05, 4.69) is 5.10 Å². The summed E-state index contributed by atoms with van der Waals surface area (Å²) in [6.07, 6.45) is 4.51. The Balaban J connectivity index is 2.40. The van der Waals surface area contributed by atoms with Crippen LogP contribution in [0.1, 0.15) is 29.2 Å². The van der Waals surface area contributed by atoms with Crippen LogP contribution in [0.2, 0.25) is 0 Å². The number of rotatable bonds is 2. The third kappa shape index (κ3) is 0.906. The maximum atomic E-state index is 10.4. The standard InChI is InChI=1S/C7H9N3O/c8-7-5(4-11)3-9-10(7)6-1-2-6/h3-4,6H,1-2,8H2. The molecule has 0 saturated heterocycles. The van der Waals surface area contributed by atoms with E-state index in [-0.39, 0.29) is 0 Å². The highest BCUT2D eigenvalue weighted by atomic mass is 16.1. The second-order valence-electron chi connectivity index (χ2n) is 2.78. The molecule has 4 heteroatoms. The smallest absolute Gasteiger partial charge is 0.155 e. The van der Waals surface area contributed by atoms with Crippen LogP contribution in [0.25, 0.3) is 0 Å². The van der Waals surface area contributed by atoms with Crippen molar-refractivity contribution >= 4 is 12.1 Å². The first kappa shape index (κ1) is 6.39. The minimum Gasteiger partial charge on any atom is -0.383 e. The quantitative estimate of drug-likeness (QED) is 0.630. The van der Waals surface area contributed by atoms with E-state index in [4.69, 9.17) is 5.73 Å². The van der Waals surface area contributed by atoms with E-state index < -0.39 is 0 Å². The monoisotopic (exact) mass is 151 g/mol. The molecule has 58 valence electrons. The van der Waals surface area contributed by atoms with Crippen molar-refractivity contribution in [3.63, 3.8) is 0 Å². The van der Waals surface area contributed by atoms with Crippen molar-refractivity contribution in [1.29, 1.82) is 0 Å². The number of anilines is 1. The Morgan fingerprint density at radius 1 is 1.73 bits per heavy atom. The van der Waals surface area contributed by atoms with Crippen molar-refractivity contribution in [3.05, 3.63) is 11.8 Å². The van der Waals surface area contributed by atoms with Crippen LogP contribution in [0.15, 0.2) is 6.20 Å². The van der Waals surface area contributed by atoms with Gasteiger partial charge in [-0.05, 0) is 12.8 Å². The molecular formula is C7H9N3O. The van der Waals surface area contributed by atoms with Crippen LogP contribution in [0, 0.1) is 0 Å². The van der Waals surface area contributed by atoms with Gasteiger partial charge in [0, 0.05) is 0 Å². The molecule has 0 amide bonds. The zero-order valence-electron chi connectivity index (χ0n) is 6.03. The Kier molecular flexibility index (Phi) is 1.21. The van der Waals surface area contributed by atoms with Crippen molar-refractivity contribution in [1.82, 2.24) is 9.78 Å². The summed E-state index contributed by atoms with van der Waals surface area (Å²) in [4.78, 5) is 10.4. The summed E-state index contributed by atoms with van der Waals surface area (Å²) in [5.41, 5.74) is 6.12. The van der Waals surface area contributed by atoms with Gasteiger partial charge in [-0.25, -0.2) is 4.68 Å². The lowest BCUT2D eigenvalue weighted by Crippen LogP contribution is -2.02. The predicted molar refractivity (Wildman–Crippen MR) is 40.3 cm³/mol. The molecule has 2 rings (SSSR count). The Bertz CT molecular complexity index is 288. The molecule has 0 atom stereocenters. The molecule has 1 heterocycles. The van der Waals surface area contributed by atoms with Gasteiger partial charge >= 0.3 is 0 Å². The number of aldehydes is 1. The number of hydrogen-bond acceptors (Lipinski definition) is 3. The molecule has 1 aliphatic rings. The van der Waals surface area contributed by atoms with Crippen molar-refractivity contribution in [2.75, 3.05) is 5.73 Å². The third-order valence-electron chi connectivity index (χ3n) is 1.88. The summed E-state index contributed by atoms with van der Waals surface area (Å²) in [5, 5.41) is 4.01. The highest BCUT2D eigenvalue weighted by Crippen LogP contribution is 2.36. The fraction of sp³-hybridized carbons (Fsp3) is 0.429. The maximum Gasteiger partial charge on any atom is 0.155 e. The first-order valence-electron chi connectivity index (χ1n) is 3.61. The number of aromatic nitrogens is 2. The van der Waals surface area contributed by atoms with E-state index in [1.807, 2.05) is 0 Å². The summed E-state index contributed by atoms with van der Waals surface area (Å²) < 4.78 is 1.73. The van der Waals surface area contributed by atoms with E-state index in [9.17, 15) is 4.79 Å². The van der Waals surface area contributed by atoms with Gasteiger partial charge in [0.15, 0.2) is 6.29 Å². The number of carbonyl (C=O) groups excluding carboxylic acids is 1. The summed E-state index contributed by atoms with van der Waals surface area (Å²) in [6.45, 7) is 0. The van der Waals surface area contributed by atoms with E-state index >= 15 is 0 Å². The summed E-state index contributed by atoms with van der Waals surface area (Å²) in [7, 11) is 0. The van der Waals surface area contributed by atoms with Crippen LogP contribution in [0.5, 0.6) is 0 Å². The molecule has 0 aromatic carbocycles. The van der Waals surface area contributed by atoms with E-state index in [1.54, 1.807) is 4.68 Å². The van der Waals surface area contributed by atoms with Gasteiger partial charge in [0.25, 0.3) is 0 Å². The average Bonchev–Trinajstić information content (AvgIpc) is 2.77. The van der Waals surface area contributed by atoms with Crippen molar-refractivity contribution in [3.8, 4) is 0 Å². The SMILES string of the molecule is Nc1c(C=O)cnn1C1CC1. The second kappa shape index (κ2) is 2.08. The average molecular weight is 151 g/mol. The molecule has 1 fully saturated rings. The normalized spacial score (nSPS) is 16.7. The number of hydrogen-bond donors (Lipinski definition) is 1. The van der Waals surface area contributed by atoms with Gasteiger partial charge in [0.05, 0.1) is 17.8 Å². The van der Waals surface area contributed by atoms with E-state index in [0.717, 1.165) is 19.1 Å². The Hall–Kier alpha value is -1.32. The van der Waals surface area contributed by atoms with Crippen LogP contribution < -0.4 is 5.73 Å². The third-order valence-corrected chi connectivity index (χ3v) is 1.88. The molecule has 0 spiro atoms. The largest absolute Gasteiger partial charge is 0.383 e. The summed E-state index contributed by atoms with van der Waals surface area (Å²) >= 11 is 0. The number of nitrogens with zero attached hydrogens (tertiary/aromatic N) is 2. The molecule has 2 N–H and O–H groups in total. The predicted octanol–water partition coefficient (Wildman–Crippen LogP) is 0.613. The van der Waals surface area contributed by atoms with Gasteiger partial charge in [-0.15, -0.1) is 0 Å². The second-order valence-corrected chi connectivity index (χ2v) is 2.78. The molecule has 1 aromatic heterocycles. The Morgan fingerprint density at radius 2 is 2.45 bits per heavy atom. The molecule has 1 aliphatic carbocycles. The minimum absolute atomic E-state index is 0.448. The first-order valence-corrected chi connectivity index (χ1v) is 3.61. The lowest BCUT2D eigenvalue weighted by atomic mass is 10.4. The van der Waals surface area contributed by atoms with Gasteiger partial charge in [-0.2, -0.15) is 5.10 Å². The Labute approximate surface area is 64.0 Å². The van der Waals surface area contributed by atoms with Crippen LogP contribution in [-0.2, 0) is 0 Å². The van der Waals surface area contributed by atoms with Crippen LogP contribution in [0.3, 0.4) is 0 Å². The lowest BCUT2D eigenvalue weighted by Gasteiger charge is -1.98. The van der Waals surface area contributed by atoms with Crippen LogP contribution in [0.4, 0.5) is 5.82 Å². The number of nitrogen functional groups attached to an aromatic ring is 1. The highest BCUT2D eigenvalue weighted by Gasteiger charge is 2.26. The van der Waals surface area contributed by atoms with Crippen molar-refractivity contribution in [2.24, 2.45) is 0 Å². The van der Waals surface area contributed by atoms with Gasteiger partial charge in [0.1, 0.15) is 5.82 Å². The minimum atomic E-state index is 0.448. The van der Waals surface area contributed by atoms with Crippen molar-refractivity contribution < 1.29 is 4.79 Å². The zero-order chi connectivity index (χ0) is 7.84. The van der Waals surface area contributed by atoms with Crippen LogP contribution in [-0.4, -0.2) is 16.1 Å². The summed E-state index contributed by atoms with van der Waals surface area (Å²) in [6, 6.07) is 0.448. The van der Waals surface area contributed by atoms with Crippen LogP contribution >= 0.6 is 0 Å². The zero-order valence-corrected chi connectivity index (χ0v) is 6.03. The van der Waals surface area contributed by atoms with Crippen molar-refractivity contribution in [2.45, 2.75) is 18.9 Å². The Morgan fingerprint density at radius 3 is 2.91 bits per heavy atom. The van der Waals surface area contributed by atoms with E-state index in [1.165, 1.54) is 6.20 Å². The highest BCUT2D eigenvalue weighted by molar-refractivity contribution is 5.81. The van der Waals surface area contributed by atoms with Gasteiger partial charge in [-0.3, -0.25) is 4.79 Å². The lowest BCUT2D eigenvalue weighted by molar-refractivity contribution is 0.112. The fourth-order valence-electron chi connectivity index (χ4n) is 1.09. The molecule has 0 aliphatic heterocycles. The topological polar surface area (TPSA) is 60.9 Å². The molecule has 4 nitrogen and oxygen atoms in total. The van der Waals surface area contributed by atoms with Gasteiger partial charge in [-0.1, -0.05) is 0 Å². The molecule has 0 unspecified atom stereocenters. The molecular weight excluding hydrogens is 142 g/mol. The van der Waals surface area contributed by atoms with E-state index in [0.29, 0.717) is 17.4 Å².